The van der Waals surface area contributed by atoms with Crippen LogP contribution < -0.4 is 5.32 Å². The minimum Gasteiger partial charge on any atom is -0.346 e. The van der Waals surface area contributed by atoms with E-state index >= 15 is 0 Å². The second kappa shape index (κ2) is 5.23. The van der Waals surface area contributed by atoms with E-state index in [1.165, 1.54) is 11.3 Å². The predicted molar refractivity (Wildman–Crippen MR) is 86.0 cm³/mol. The number of pyridine rings is 1. The maximum Gasteiger partial charge on any atom is 0.251 e. The molecule has 0 bridgehead atoms. The average Bonchev–Trinajstić information content (AvgIpc) is 3.17. The molecule has 0 unspecified atom stereocenters. The number of hydrogen-bond acceptors (Lipinski definition) is 4. The summed E-state index contributed by atoms with van der Waals surface area (Å²) in [6.07, 6.45) is 1.89. The summed E-state index contributed by atoms with van der Waals surface area (Å²) in [4.78, 5) is 16.4. The molecule has 108 valence electrons. The topological polar surface area (TPSA) is 59.3 Å². The Bertz CT molecular complexity index is 939. The van der Waals surface area contributed by atoms with Gasteiger partial charge in [-0.25, -0.2) is 9.50 Å². The number of thiazole rings is 1. The van der Waals surface area contributed by atoms with Gasteiger partial charge in [0.15, 0.2) is 0 Å². The molecule has 0 spiro atoms. The van der Waals surface area contributed by atoms with Crippen molar-refractivity contribution < 1.29 is 4.79 Å². The van der Waals surface area contributed by atoms with Gasteiger partial charge in [-0.15, -0.1) is 11.3 Å². The molecule has 22 heavy (non-hydrogen) atoms. The van der Waals surface area contributed by atoms with Crippen LogP contribution in [0.25, 0.3) is 15.7 Å². The smallest absolute Gasteiger partial charge is 0.251 e. The molecule has 0 aliphatic heterocycles. The first kappa shape index (κ1) is 13.0. The molecule has 4 rings (SSSR count). The molecule has 5 nitrogen and oxygen atoms in total. The lowest BCUT2D eigenvalue weighted by Crippen LogP contribution is -2.22. The third-order valence-corrected chi connectivity index (χ3v) is 4.24. The predicted octanol–water partition coefficient (Wildman–Crippen LogP) is 2.87. The van der Waals surface area contributed by atoms with Crippen LogP contribution in [0.3, 0.4) is 0 Å². The second-order valence-corrected chi connectivity index (χ2v) is 5.81. The van der Waals surface area contributed by atoms with Crippen LogP contribution in [0.15, 0.2) is 54.2 Å². The molecule has 4 aromatic rings. The van der Waals surface area contributed by atoms with E-state index < -0.39 is 0 Å². The minimum absolute atomic E-state index is 0.104. The lowest BCUT2D eigenvalue weighted by atomic mass is 10.2. The average molecular weight is 308 g/mol. The quantitative estimate of drug-likeness (QED) is 0.633. The Morgan fingerprint density at radius 3 is 3.09 bits per heavy atom. The van der Waals surface area contributed by atoms with E-state index in [1.54, 1.807) is 16.1 Å². The molecule has 3 heterocycles. The van der Waals surface area contributed by atoms with Crippen LogP contribution in [0.5, 0.6) is 0 Å². The number of aromatic nitrogens is 3. The van der Waals surface area contributed by atoms with Crippen LogP contribution >= 0.6 is 11.3 Å². The van der Waals surface area contributed by atoms with Gasteiger partial charge < -0.3 is 5.32 Å². The summed E-state index contributed by atoms with van der Waals surface area (Å²) in [5.74, 6) is -0.104. The highest BCUT2D eigenvalue weighted by atomic mass is 32.1. The van der Waals surface area contributed by atoms with Gasteiger partial charge >= 0.3 is 0 Å². The highest BCUT2D eigenvalue weighted by molar-refractivity contribution is 7.16. The molecule has 1 N–H and O–H groups in total. The fourth-order valence-electron chi connectivity index (χ4n) is 2.35. The molecule has 6 heteroatoms. The molecule has 3 aromatic heterocycles. The number of hydrogen-bond donors (Lipinski definition) is 1. The Morgan fingerprint density at radius 1 is 1.23 bits per heavy atom. The van der Waals surface area contributed by atoms with E-state index in [2.05, 4.69) is 15.4 Å². The highest BCUT2D eigenvalue weighted by Crippen LogP contribution is 2.19. The first-order chi connectivity index (χ1) is 10.8. The molecule has 0 aliphatic carbocycles. The van der Waals surface area contributed by atoms with Crippen LogP contribution in [0.1, 0.15) is 16.1 Å². The van der Waals surface area contributed by atoms with Gasteiger partial charge in [0.2, 0.25) is 0 Å². The van der Waals surface area contributed by atoms with Crippen molar-refractivity contribution in [3.8, 4) is 0 Å². The Balaban J connectivity index is 1.51. The number of carbonyl (C=O) groups is 1. The van der Waals surface area contributed by atoms with Crippen LogP contribution in [0, 0.1) is 0 Å². The van der Waals surface area contributed by atoms with Gasteiger partial charge in [0.25, 0.3) is 5.91 Å². The maximum atomic E-state index is 12.2. The first-order valence-electron chi connectivity index (χ1n) is 6.84. The van der Waals surface area contributed by atoms with Crippen molar-refractivity contribution in [1.82, 2.24) is 19.9 Å². The largest absolute Gasteiger partial charge is 0.346 e. The van der Waals surface area contributed by atoms with Gasteiger partial charge in [-0.05, 0) is 36.4 Å². The third-order valence-electron chi connectivity index (χ3n) is 3.44. The number of carbonyl (C=O) groups excluding carboxylic acids is 1. The SMILES string of the molecule is O=C(NCc1cc2ccccn2n1)c1ccc2ncsc2c1. The fourth-order valence-corrected chi connectivity index (χ4v) is 3.06. The van der Waals surface area contributed by atoms with E-state index in [0.717, 1.165) is 21.4 Å². The zero-order chi connectivity index (χ0) is 14.9. The van der Waals surface area contributed by atoms with E-state index in [9.17, 15) is 4.79 Å². The zero-order valence-electron chi connectivity index (χ0n) is 11.6. The van der Waals surface area contributed by atoms with Crippen LogP contribution in [0.2, 0.25) is 0 Å². The monoisotopic (exact) mass is 308 g/mol. The summed E-state index contributed by atoms with van der Waals surface area (Å²) in [5.41, 5.74) is 5.18. The van der Waals surface area contributed by atoms with Crippen molar-refractivity contribution in [2.24, 2.45) is 0 Å². The number of rotatable bonds is 3. The van der Waals surface area contributed by atoms with Crippen molar-refractivity contribution in [2.45, 2.75) is 6.54 Å². The van der Waals surface area contributed by atoms with Crippen LogP contribution in [-0.2, 0) is 6.54 Å². The molecular formula is C16H12N4OS. The van der Waals surface area contributed by atoms with Gasteiger partial charge in [-0.3, -0.25) is 4.79 Å². The minimum atomic E-state index is -0.104. The Hall–Kier alpha value is -2.73. The lowest BCUT2D eigenvalue weighted by Gasteiger charge is -2.03. The van der Waals surface area contributed by atoms with Crippen molar-refractivity contribution in [1.29, 1.82) is 0 Å². The number of benzene rings is 1. The van der Waals surface area contributed by atoms with Gasteiger partial charge in [0.05, 0.1) is 33.5 Å². The molecule has 0 saturated carbocycles. The maximum absolute atomic E-state index is 12.2. The Morgan fingerprint density at radius 2 is 2.18 bits per heavy atom. The van der Waals surface area contributed by atoms with E-state index in [1.807, 2.05) is 42.6 Å². The summed E-state index contributed by atoms with van der Waals surface area (Å²) in [5, 5.41) is 7.32. The number of nitrogens with zero attached hydrogens (tertiary/aromatic N) is 3. The zero-order valence-corrected chi connectivity index (χ0v) is 12.4. The number of amides is 1. The van der Waals surface area contributed by atoms with Gasteiger partial charge in [-0.2, -0.15) is 5.10 Å². The van der Waals surface area contributed by atoms with Crippen LogP contribution in [0.4, 0.5) is 0 Å². The summed E-state index contributed by atoms with van der Waals surface area (Å²) in [6, 6.07) is 13.4. The first-order valence-corrected chi connectivity index (χ1v) is 7.72. The normalized spacial score (nSPS) is 11.1. The molecule has 0 radical (unpaired) electrons. The van der Waals surface area contributed by atoms with Crippen molar-refractivity contribution in [3.05, 3.63) is 65.4 Å². The van der Waals surface area contributed by atoms with Gasteiger partial charge in [0, 0.05) is 11.8 Å². The molecule has 0 saturated heterocycles. The summed E-state index contributed by atoms with van der Waals surface area (Å²) in [7, 11) is 0. The van der Waals surface area contributed by atoms with Crippen LogP contribution in [-0.4, -0.2) is 20.5 Å². The summed E-state index contributed by atoms with van der Waals surface area (Å²) >= 11 is 1.53. The standard InChI is InChI=1S/C16H12N4OS/c21-16(11-4-5-14-15(7-11)22-10-18-14)17-9-12-8-13-3-1-2-6-20(13)19-12/h1-8,10H,9H2,(H,17,21). The van der Waals surface area contributed by atoms with Crippen molar-refractivity contribution in [2.75, 3.05) is 0 Å². The van der Waals surface area contributed by atoms with E-state index in [-0.39, 0.29) is 5.91 Å². The molecule has 0 atom stereocenters. The highest BCUT2D eigenvalue weighted by Gasteiger charge is 2.08. The number of fused-ring (bicyclic) bond motifs is 2. The summed E-state index contributed by atoms with van der Waals surface area (Å²) in [6.45, 7) is 0.404. The Labute approximate surface area is 130 Å². The van der Waals surface area contributed by atoms with Gasteiger partial charge in [0.1, 0.15) is 0 Å². The fraction of sp³-hybridized carbons (Fsp3) is 0.0625. The second-order valence-electron chi connectivity index (χ2n) is 4.92. The van der Waals surface area contributed by atoms with Crippen molar-refractivity contribution >= 4 is 33.0 Å². The van der Waals surface area contributed by atoms with Crippen molar-refractivity contribution in [3.63, 3.8) is 0 Å². The third kappa shape index (κ3) is 2.33. The Kier molecular flexibility index (Phi) is 3.08. The molecular weight excluding hydrogens is 296 g/mol. The van der Waals surface area contributed by atoms with E-state index in [4.69, 9.17) is 0 Å². The molecule has 1 amide bonds. The lowest BCUT2D eigenvalue weighted by molar-refractivity contribution is 0.0950. The van der Waals surface area contributed by atoms with Gasteiger partial charge in [-0.1, -0.05) is 6.07 Å². The van der Waals surface area contributed by atoms with E-state index in [0.29, 0.717) is 12.1 Å². The summed E-state index contributed by atoms with van der Waals surface area (Å²) < 4.78 is 2.81. The number of nitrogens with one attached hydrogen (secondary N) is 1. The molecule has 0 fully saturated rings. The molecule has 0 aliphatic rings. The molecule has 1 aromatic carbocycles.